The van der Waals surface area contributed by atoms with Crippen molar-refractivity contribution in [2.75, 3.05) is 7.11 Å². The van der Waals surface area contributed by atoms with E-state index >= 15 is 0 Å². The highest BCUT2D eigenvalue weighted by atomic mass is 19.1. The zero-order valence-corrected chi connectivity index (χ0v) is 9.46. The first kappa shape index (κ1) is 12.1. The third-order valence-corrected chi connectivity index (χ3v) is 3.03. The number of hydrogen-bond acceptors (Lipinski definition) is 2. The van der Waals surface area contributed by atoms with Crippen LogP contribution in [0, 0.1) is 5.82 Å². The van der Waals surface area contributed by atoms with Crippen LogP contribution in [-0.2, 0) is 4.74 Å². The molecule has 0 saturated carbocycles. The summed E-state index contributed by atoms with van der Waals surface area (Å²) in [7, 11) is 1.63. The van der Waals surface area contributed by atoms with E-state index in [1.165, 1.54) is 12.1 Å². The molecule has 0 aliphatic rings. The zero-order chi connectivity index (χ0) is 11.5. The van der Waals surface area contributed by atoms with Gasteiger partial charge < -0.3 is 10.5 Å². The first-order chi connectivity index (χ1) is 7.03. The fourth-order valence-electron chi connectivity index (χ4n) is 1.54. The van der Waals surface area contributed by atoms with Gasteiger partial charge in [0.05, 0.1) is 11.6 Å². The number of nitrogens with two attached hydrogens (primary N) is 1. The summed E-state index contributed by atoms with van der Waals surface area (Å²) in [5.41, 5.74) is 6.39. The smallest absolute Gasteiger partial charge is 0.123 e. The van der Waals surface area contributed by atoms with Gasteiger partial charge in [0.25, 0.3) is 0 Å². The number of benzene rings is 1. The Morgan fingerprint density at radius 3 is 2.67 bits per heavy atom. The molecular weight excluding hydrogens is 193 g/mol. The quantitative estimate of drug-likeness (QED) is 0.831. The molecule has 84 valence electrons. The molecule has 1 aromatic carbocycles. The van der Waals surface area contributed by atoms with Gasteiger partial charge in [-0.3, -0.25) is 0 Å². The van der Waals surface area contributed by atoms with Gasteiger partial charge in [-0.25, -0.2) is 4.39 Å². The van der Waals surface area contributed by atoms with Crippen molar-refractivity contribution < 1.29 is 9.13 Å². The predicted molar refractivity (Wildman–Crippen MR) is 59.0 cm³/mol. The third-order valence-electron chi connectivity index (χ3n) is 3.03. The monoisotopic (exact) mass is 211 g/mol. The summed E-state index contributed by atoms with van der Waals surface area (Å²) in [6.07, 6.45) is 0.779. The zero-order valence-electron chi connectivity index (χ0n) is 9.46. The maximum atomic E-state index is 13.0. The van der Waals surface area contributed by atoms with E-state index in [0.717, 1.165) is 12.0 Å². The molecule has 0 amide bonds. The van der Waals surface area contributed by atoms with E-state index < -0.39 is 5.60 Å². The topological polar surface area (TPSA) is 35.2 Å². The maximum Gasteiger partial charge on any atom is 0.123 e. The number of halogens is 1. The molecule has 1 rings (SSSR count). The fourth-order valence-corrected chi connectivity index (χ4v) is 1.54. The van der Waals surface area contributed by atoms with Crippen LogP contribution in [0.4, 0.5) is 4.39 Å². The van der Waals surface area contributed by atoms with Crippen molar-refractivity contribution >= 4 is 0 Å². The van der Waals surface area contributed by atoms with E-state index in [-0.39, 0.29) is 11.9 Å². The molecular formula is C12H18FNO. The molecule has 0 aliphatic carbocycles. The van der Waals surface area contributed by atoms with Gasteiger partial charge in [0.15, 0.2) is 0 Å². The predicted octanol–water partition coefficient (Wildman–Crippen LogP) is 2.64. The summed E-state index contributed by atoms with van der Waals surface area (Å²) in [5.74, 6) is -0.266. The minimum Gasteiger partial charge on any atom is -0.377 e. The van der Waals surface area contributed by atoms with Crippen molar-refractivity contribution in [3.63, 3.8) is 0 Å². The minimum atomic E-state index is -0.451. The Balaban J connectivity index is 2.97. The molecule has 0 saturated heterocycles. The van der Waals surface area contributed by atoms with Gasteiger partial charge in [0.2, 0.25) is 0 Å². The van der Waals surface area contributed by atoms with Gasteiger partial charge in [-0.15, -0.1) is 0 Å². The van der Waals surface area contributed by atoms with Crippen LogP contribution < -0.4 is 5.73 Å². The van der Waals surface area contributed by atoms with E-state index in [1.54, 1.807) is 13.2 Å². The summed E-state index contributed by atoms with van der Waals surface area (Å²) >= 11 is 0. The normalized spacial score (nSPS) is 17.1. The lowest BCUT2D eigenvalue weighted by atomic mass is 9.88. The average Bonchev–Trinajstić information content (AvgIpc) is 2.27. The first-order valence-corrected chi connectivity index (χ1v) is 5.09. The number of hydrogen-bond donors (Lipinski definition) is 1. The molecule has 2 N–H and O–H groups in total. The summed E-state index contributed by atoms with van der Waals surface area (Å²) < 4.78 is 18.4. The molecule has 0 fully saturated rings. The van der Waals surface area contributed by atoms with Crippen LogP contribution in [0.2, 0.25) is 0 Å². The van der Waals surface area contributed by atoms with Crippen LogP contribution in [0.1, 0.15) is 31.9 Å². The third kappa shape index (κ3) is 2.55. The van der Waals surface area contributed by atoms with Gasteiger partial charge in [-0.05, 0) is 31.0 Å². The lowest BCUT2D eigenvalue weighted by Gasteiger charge is -2.33. The van der Waals surface area contributed by atoms with E-state index in [1.807, 2.05) is 19.9 Å². The van der Waals surface area contributed by atoms with Crippen molar-refractivity contribution in [1.82, 2.24) is 0 Å². The Kier molecular flexibility index (Phi) is 3.83. The van der Waals surface area contributed by atoms with Crippen molar-refractivity contribution in [2.45, 2.75) is 31.9 Å². The Bertz CT molecular complexity index is 323. The van der Waals surface area contributed by atoms with Crippen molar-refractivity contribution in [3.8, 4) is 0 Å². The van der Waals surface area contributed by atoms with Gasteiger partial charge in [0, 0.05) is 7.11 Å². The van der Waals surface area contributed by atoms with Crippen LogP contribution in [0.25, 0.3) is 0 Å². The Morgan fingerprint density at radius 1 is 1.53 bits per heavy atom. The van der Waals surface area contributed by atoms with Crippen molar-refractivity contribution in [3.05, 3.63) is 35.6 Å². The lowest BCUT2D eigenvalue weighted by Crippen LogP contribution is -2.39. The molecule has 0 heterocycles. The Labute approximate surface area is 90.2 Å². The average molecular weight is 211 g/mol. The molecule has 2 unspecified atom stereocenters. The van der Waals surface area contributed by atoms with Crippen LogP contribution in [-0.4, -0.2) is 12.7 Å². The molecule has 15 heavy (non-hydrogen) atoms. The van der Waals surface area contributed by atoms with Crippen LogP contribution in [0.15, 0.2) is 24.3 Å². The minimum absolute atomic E-state index is 0.266. The molecule has 0 bridgehead atoms. The SMILES string of the molecule is CCC(C)(OC)C(N)c1cccc(F)c1. The molecule has 3 heteroatoms. The number of ether oxygens (including phenoxy) is 1. The van der Waals surface area contributed by atoms with Crippen LogP contribution in [0.5, 0.6) is 0 Å². The summed E-state index contributed by atoms with van der Waals surface area (Å²) in [6.45, 7) is 3.94. The second-order valence-corrected chi connectivity index (χ2v) is 3.90. The standard InChI is InChI=1S/C12H18FNO/c1-4-12(2,15-3)11(14)9-6-5-7-10(13)8-9/h5-8,11H,4,14H2,1-3H3. The second-order valence-electron chi connectivity index (χ2n) is 3.90. The molecule has 0 radical (unpaired) electrons. The highest BCUT2D eigenvalue weighted by Gasteiger charge is 2.30. The summed E-state index contributed by atoms with van der Waals surface area (Å²) in [4.78, 5) is 0. The Hall–Kier alpha value is -0.930. The van der Waals surface area contributed by atoms with Crippen LogP contribution in [0.3, 0.4) is 0 Å². The van der Waals surface area contributed by atoms with E-state index in [2.05, 4.69) is 0 Å². The molecule has 2 atom stereocenters. The van der Waals surface area contributed by atoms with Crippen molar-refractivity contribution in [1.29, 1.82) is 0 Å². The highest BCUT2D eigenvalue weighted by Crippen LogP contribution is 2.29. The molecule has 0 aromatic heterocycles. The summed E-state index contributed by atoms with van der Waals surface area (Å²) in [5, 5.41) is 0. The van der Waals surface area contributed by atoms with Crippen LogP contribution >= 0.6 is 0 Å². The highest BCUT2D eigenvalue weighted by molar-refractivity contribution is 5.22. The van der Waals surface area contributed by atoms with Crippen molar-refractivity contribution in [2.24, 2.45) is 5.73 Å². The number of methoxy groups -OCH3 is 1. The lowest BCUT2D eigenvalue weighted by molar-refractivity contribution is -0.0195. The summed E-state index contributed by atoms with van der Waals surface area (Å²) in [6, 6.07) is 6.03. The molecule has 0 aliphatic heterocycles. The molecule has 0 spiro atoms. The van der Waals surface area contributed by atoms with Gasteiger partial charge in [-0.1, -0.05) is 19.1 Å². The Morgan fingerprint density at radius 2 is 2.20 bits per heavy atom. The first-order valence-electron chi connectivity index (χ1n) is 5.09. The number of rotatable bonds is 4. The second kappa shape index (κ2) is 4.73. The van der Waals surface area contributed by atoms with E-state index in [4.69, 9.17) is 10.5 Å². The van der Waals surface area contributed by atoms with Gasteiger partial charge >= 0.3 is 0 Å². The van der Waals surface area contributed by atoms with Gasteiger partial charge in [0.1, 0.15) is 5.82 Å². The molecule has 1 aromatic rings. The largest absolute Gasteiger partial charge is 0.377 e. The molecule has 2 nitrogen and oxygen atoms in total. The van der Waals surface area contributed by atoms with Gasteiger partial charge in [-0.2, -0.15) is 0 Å². The maximum absolute atomic E-state index is 13.0. The van der Waals surface area contributed by atoms with E-state index in [0.29, 0.717) is 0 Å². The fraction of sp³-hybridized carbons (Fsp3) is 0.500. The van der Waals surface area contributed by atoms with E-state index in [9.17, 15) is 4.39 Å².